The molecule has 6 heteroatoms. The summed E-state index contributed by atoms with van der Waals surface area (Å²) in [6.07, 6.45) is 12.4. The van der Waals surface area contributed by atoms with Crippen molar-refractivity contribution >= 4 is 63.6 Å². The lowest BCUT2D eigenvalue weighted by atomic mass is 9.81. The summed E-state index contributed by atoms with van der Waals surface area (Å²) in [6, 6.07) is 45.4. The zero-order chi connectivity index (χ0) is 33.7. The average molecular weight is 686 g/mol. The number of alkyl halides is 1. The molecule has 4 aliphatic rings. The highest BCUT2D eigenvalue weighted by atomic mass is 35.5. The van der Waals surface area contributed by atoms with Gasteiger partial charge in [-0.25, -0.2) is 9.98 Å². The standard InChI is InChI=1S/C44H30Cl2N4/c45-42-39-28-35-24-23-33(48-35)25-32-21-22-34(47-32)26-36-27-38(29-13-5-1-6-14-29)43(49-36)41(31-17-9-3-10-18-31)44(46,40(42)30-15-7-2-8-16-30)50(39)37-19-11-4-12-20-37/h1-28,40,47H/b32-25-,34-26-,35-28-,43-41-. The Labute approximate surface area is 300 Å². The second-order valence-corrected chi connectivity index (χ2v) is 13.6. The maximum atomic E-state index is 8.55. The first-order valence-electron chi connectivity index (χ1n) is 16.6. The zero-order valence-corrected chi connectivity index (χ0v) is 28.4. The molecule has 0 amide bonds. The summed E-state index contributed by atoms with van der Waals surface area (Å²) in [4.78, 5) is 14.9. The molecule has 4 aromatic carbocycles. The highest BCUT2D eigenvalue weighted by Gasteiger charge is 2.56. The first kappa shape index (κ1) is 30.4. The summed E-state index contributed by atoms with van der Waals surface area (Å²) in [7, 11) is 0. The van der Waals surface area contributed by atoms with Crippen molar-refractivity contribution in [3.05, 3.63) is 207 Å². The molecule has 8 bridgehead atoms. The van der Waals surface area contributed by atoms with Gasteiger partial charge in [-0.05, 0) is 77.4 Å². The molecule has 4 aliphatic heterocycles. The third-order valence-electron chi connectivity index (χ3n) is 9.42. The van der Waals surface area contributed by atoms with E-state index in [0.717, 1.165) is 72.7 Å². The maximum Gasteiger partial charge on any atom is 0.159 e. The van der Waals surface area contributed by atoms with Crippen molar-refractivity contribution in [2.24, 2.45) is 9.98 Å². The van der Waals surface area contributed by atoms with Gasteiger partial charge in [0.2, 0.25) is 0 Å². The van der Waals surface area contributed by atoms with Gasteiger partial charge >= 0.3 is 0 Å². The number of nitrogens with one attached hydrogen (secondary N) is 1. The molecule has 0 saturated heterocycles. The van der Waals surface area contributed by atoms with E-state index in [1.54, 1.807) is 0 Å². The Hall–Kier alpha value is -5.68. The van der Waals surface area contributed by atoms with Crippen LogP contribution in [0.25, 0.3) is 23.3 Å². The highest BCUT2D eigenvalue weighted by molar-refractivity contribution is 6.40. The quantitative estimate of drug-likeness (QED) is 0.149. The predicted molar refractivity (Wildman–Crippen MR) is 208 cm³/mol. The highest BCUT2D eigenvalue weighted by Crippen LogP contribution is 2.61. The first-order chi connectivity index (χ1) is 24.6. The van der Waals surface area contributed by atoms with Crippen LogP contribution in [-0.2, 0) is 0 Å². The molecule has 4 nitrogen and oxygen atoms in total. The van der Waals surface area contributed by atoms with E-state index in [1.807, 2.05) is 78.9 Å². The van der Waals surface area contributed by atoms with Gasteiger partial charge in [0, 0.05) is 27.5 Å². The monoisotopic (exact) mass is 684 g/mol. The van der Waals surface area contributed by atoms with Crippen LogP contribution in [0.4, 0.5) is 5.69 Å². The Kier molecular flexibility index (Phi) is 7.49. The van der Waals surface area contributed by atoms with E-state index >= 15 is 0 Å². The van der Waals surface area contributed by atoms with Crippen molar-refractivity contribution < 1.29 is 0 Å². The topological polar surface area (TPSA) is 43.8 Å². The lowest BCUT2D eigenvalue weighted by molar-refractivity contribution is 0.671. The fourth-order valence-electron chi connectivity index (χ4n) is 7.30. The number of fused-ring (bicyclic) bond motifs is 6. The number of hydrogen-bond acceptors (Lipinski definition) is 3. The lowest BCUT2D eigenvalue weighted by Gasteiger charge is -2.42. The molecular weight excluding hydrogens is 655 g/mol. The number of aliphatic imine (C=N–C) groups is 2. The van der Waals surface area contributed by atoms with Crippen LogP contribution in [0.1, 0.15) is 22.6 Å². The molecule has 0 fully saturated rings. The van der Waals surface area contributed by atoms with Gasteiger partial charge in [0.25, 0.3) is 0 Å². The number of hydrogen-bond donors (Lipinski definition) is 1. The van der Waals surface area contributed by atoms with Gasteiger partial charge in [-0.15, -0.1) is 0 Å². The fraction of sp³-hybridized carbons (Fsp3) is 0.0455. The molecule has 1 N–H and O–H groups in total. The molecule has 240 valence electrons. The fourth-order valence-corrected chi connectivity index (χ4v) is 8.40. The summed E-state index contributed by atoms with van der Waals surface area (Å²) in [5.74, 6) is -0.483. The summed E-state index contributed by atoms with van der Waals surface area (Å²) >= 11 is 16.3. The van der Waals surface area contributed by atoms with Crippen molar-refractivity contribution in [3.63, 3.8) is 0 Å². The number of para-hydroxylation sites is 1. The van der Waals surface area contributed by atoms with Gasteiger partial charge in [0.15, 0.2) is 5.00 Å². The number of aromatic amines is 1. The Balaban J connectivity index is 1.46. The van der Waals surface area contributed by atoms with E-state index in [0.29, 0.717) is 5.03 Å². The summed E-state index contributed by atoms with van der Waals surface area (Å²) in [5, 5.41) is 2.51. The molecule has 0 radical (unpaired) electrons. The predicted octanol–water partition coefficient (Wildman–Crippen LogP) is 9.12. The van der Waals surface area contributed by atoms with E-state index in [2.05, 4.69) is 101 Å². The van der Waals surface area contributed by atoms with Crippen LogP contribution in [0.2, 0.25) is 0 Å². The van der Waals surface area contributed by atoms with Gasteiger partial charge in [-0.3, -0.25) is 0 Å². The third-order valence-corrected chi connectivity index (χ3v) is 10.4. The number of allylic oxidation sites excluding steroid dienone is 5. The molecular formula is C44H30Cl2N4. The van der Waals surface area contributed by atoms with Gasteiger partial charge in [-0.2, -0.15) is 0 Å². The molecule has 2 atom stereocenters. The van der Waals surface area contributed by atoms with E-state index in [-0.39, 0.29) is 0 Å². The number of nitrogens with zero attached hydrogens (tertiary/aromatic N) is 3. The molecule has 0 saturated carbocycles. The second kappa shape index (κ2) is 12.3. The number of H-pyrrole nitrogens is 1. The number of anilines is 1. The third kappa shape index (κ3) is 5.16. The van der Waals surface area contributed by atoms with Crippen LogP contribution in [0.15, 0.2) is 190 Å². The Bertz CT molecular complexity index is 2490. The molecule has 9 rings (SSSR count). The van der Waals surface area contributed by atoms with Crippen LogP contribution < -0.4 is 15.6 Å². The van der Waals surface area contributed by atoms with Crippen molar-refractivity contribution in [1.82, 2.24) is 4.98 Å². The number of halogens is 2. The smallest absolute Gasteiger partial charge is 0.159 e. The maximum absolute atomic E-state index is 8.55. The van der Waals surface area contributed by atoms with E-state index in [4.69, 9.17) is 33.2 Å². The van der Waals surface area contributed by atoms with Crippen LogP contribution in [0.5, 0.6) is 0 Å². The van der Waals surface area contributed by atoms with E-state index < -0.39 is 10.9 Å². The lowest BCUT2D eigenvalue weighted by Crippen LogP contribution is -2.45. The minimum atomic E-state index is -1.28. The SMILES string of the molecule is ClC1=C2/C=C3/C=CC(=N3)/C=c3/cc/c([nH]3)=C/C3=NC(=C(/c4ccccc4)C(Cl)(C1c1ccccc1)N2c1ccccc1)/C(c1ccccc1)=C3. The van der Waals surface area contributed by atoms with E-state index in [9.17, 15) is 0 Å². The van der Waals surface area contributed by atoms with Crippen molar-refractivity contribution in [3.8, 4) is 0 Å². The van der Waals surface area contributed by atoms with Gasteiger partial charge in [-0.1, -0.05) is 132 Å². The van der Waals surface area contributed by atoms with E-state index in [1.165, 1.54) is 0 Å². The Morgan fingerprint density at radius 1 is 0.600 bits per heavy atom. The first-order valence-corrected chi connectivity index (χ1v) is 17.3. The average Bonchev–Trinajstić information content (AvgIpc) is 3.93. The van der Waals surface area contributed by atoms with Crippen LogP contribution in [0.3, 0.4) is 0 Å². The summed E-state index contributed by atoms with van der Waals surface area (Å²) in [5.41, 5.74) is 9.70. The number of aromatic nitrogens is 1. The zero-order valence-electron chi connectivity index (χ0n) is 26.8. The molecule has 5 aromatic rings. The Morgan fingerprint density at radius 3 is 1.88 bits per heavy atom. The normalized spacial score (nSPS) is 24.8. The molecule has 0 aliphatic carbocycles. The number of benzene rings is 4. The number of rotatable bonds is 4. The summed E-state index contributed by atoms with van der Waals surface area (Å²) < 4.78 is 0. The summed E-state index contributed by atoms with van der Waals surface area (Å²) in [6.45, 7) is 0. The van der Waals surface area contributed by atoms with Gasteiger partial charge in [0.05, 0.1) is 39.5 Å². The van der Waals surface area contributed by atoms with Gasteiger partial charge in [0.1, 0.15) is 0 Å². The van der Waals surface area contributed by atoms with Crippen LogP contribution in [0, 0.1) is 0 Å². The van der Waals surface area contributed by atoms with Crippen LogP contribution >= 0.6 is 23.2 Å². The van der Waals surface area contributed by atoms with Gasteiger partial charge < -0.3 is 9.88 Å². The van der Waals surface area contributed by atoms with Crippen molar-refractivity contribution in [2.75, 3.05) is 4.90 Å². The molecule has 50 heavy (non-hydrogen) atoms. The molecule has 2 unspecified atom stereocenters. The largest absolute Gasteiger partial charge is 0.355 e. The van der Waals surface area contributed by atoms with Crippen molar-refractivity contribution in [2.45, 2.75) is 10.9 Å². The molecule has 5 heterocycles. The minimum absolute atomic E-state index is 0.483. The minimum Gasteiger partial charge on any atom is -0.355 e. The molecule has 1 aromatic heterocycles. The van der Waals surface area contributed by atoms with Crippen LogP contribution in [-0.4, -0.2) is 21.4 Å². The second-order valence-electron chi connectivity index (χ2n) is 12.6. The van der Waals surface area contributed by atoms with Crippen molar-refractivity contribution in [1.29, 1.82) is 0 Å². The molecule has 0 spiro atoms. The Morgan fingerprint density at radius 2 is 1.20 bits per heavy atom.